The van der Waals surface area contributed by atoms with Crippen molar-refractivity contribution in [1.82, 2.24) is 20.2 Å². The third-order valence-electron chi connectivity index (χ3n) is 6.14. The van der Waals surface area contributed by atoms with Crippen LogP contribution in [0.3, 0.4) is 0 Å². The lowest BCUT2D eigenvalue weighted by Crippen LogP contribution is -2.08. The number of fused-ring (bicyclic) bond motifs is 4. The molecule has 3 N–H and O–H groups in total. The van der Waals surface area contributed by atoms with E-state index >= 15 is 0 Å². The average molecular weight is 469 g/mol. The molecule has 0 bridgehead atoms. The molecular weight excluding hydrogens is 448 g/mol. The number of H-pyrrole nitrogens is 1. The van der Waals surface area contributed by atoms with Gasteiger partial charge in [-0.25, -0.2) is 9.97 Å². The number of hydrogen-bond acceptors (Lipinski definition) is 5. The topological polar surface area (TPSA) is 95.6 Å². The van der Waals surface area contributed by atoms with Crippen LogP contribution in [0.1, 0.15) is 11.3 Å². The van der Waals surface area contributed by atoms with Crippen molar-refractivity contribution in [3.8, 4) is 12.3 Å². The average Bonchev–Trinajstić information content (AvgIpc) is 3.32. The molecule has 36 heavy (non-hydrogen) atoms. The van der Waals surface area contributed by atoms with Gasteiger partial charge in [0.15, 0.2) is 0 Å². The molecule has 1 amide bonds. The Kier molecular flexibility index (Phi) is 5.24. The van der Waals surface area contributed by atoms with Gasteiger partial charge in [-0.2, -0.15) is 5.10 Å². The first kappa shape index (κ1) is 21.3. The maximum atomic E-state index is 11.7. The first-order valence-corrected chi connectivity index (χ1v) is 11.4. The standard InChI is InChI=1S/C29H20N6O/c1-2-27(36)32-19-12-13-23-22(15-19)29(31-17-30-23)33-24-16-26-28(21-11-7-6-10-20(21)24)25(34-35-26)14-18-8-4-3-5-9-18/h1,3-13,15-17H,14H2,(H,32,36)(H,34,35)(H,30,31,33). The van der Waals surface area contributed by atoms with E-state index in [2.05, 4.69) is 67.1 Å². The number of carbonyl (C=O) groups is 1. The van der Waals surface area contributed by atoms with E-state index in [1.54, 1.807) is 6.07 Å². The molecule has 7 heteroatoms. The highest BCUT2D eigenvalue weighted by Gasteiger charge is 2.15. The Morgan fingerprint density at radius 2 is 1.72 bits per heavy atom. The zero-order valence-electron chi connectivity index (χ0n) is 19.1. The SMILES string of the molecule is C#CC(=O)Nc1ccc2ncnc(Nc3cc4[nH]nc(Cc5ccccc5)c4c4ccccc34)c2c1. The highest BCUT2D eigenvalue weighted by Crippen LogP contribution is 2.36. The fraction of sp³-hybridized carbons (Fsp3) is 0.0345. The van der Waals surface area contributed by atoms with Gasteiger partial charge in [0.2, 0.25) is 0 Å². The van der Waals surface area contributed by atoms with Crippen LogP contribution in [0.25, 0.3) is 32.6 Å². The van der Waals surface area contributed by atoms with Gasteiger partial charge in [0.05, 0.1) is 16.7 Å². The summed E-state index contributed by atoms with van der Waals surface area (Å²) >= 11 is 0. The number of nitrogens with zero attached hydrogens (tertiary/aromatic N) is 3. The number of terminal acetylenes is 1. The summed E-state index contributed by atoms with van der Waals surface area (Å²) in [4.78, 5) is 20.5. The summed E-state index contributed by atoms with van der Waals surface area (Å²) in [6.45, 7) is 0. The van der Waals surface area contributed by atoms with Crippen molar-refractivity contribution in [2.24, 2.45) is 0 Å². The minimum atomic E-state index is -0.511. The van der Waals surface area contributed by atoms with Crippen molar-refractivity contribution in [1.29, 1.82) is 0 Å². The molecule has 7 nitrogen and oxygen atoms in total. The van der Waals surface area contributed by atoms with Crippen molar-refractivity contribution in [2.75, 3.05) is 10.6 Å². The molecule has 0 saturated heterocycles. The number of rotatable bonds is 5. The Hall–Kier alpha value is -5.22. The molecule has 172 valence electrons. The molecule has 0 aliphatic carbocycles. The third-order valence-corrected chi connectivity index (χ3v) is 6.14. The Balaban J connectivity index is 1.45. The molecule has 0 unspecified atom stereocenters. The fourth-order valence-corrected chi connectivity index (χ4v) is 4.51. The molecule has 4 aromatic carbocycles. The molecule has 0 spiro atoms. The molecule has 0 fully saturated rings. The second-order valence-electron chi connectivity index (χ2n) is 8.40. The van der Waals surface area contributed by atoms with E-state index in [0.29, 0.717) is 11.5 Å². The van der Waals surface area contributed by atoms with E-state index in [1.165, 1.54) is 11.9 Å². The predicted molar refractivity (Wildman–Crippen MR) is 143 cm³/mol. The lowest BCUT2D eigenvalue weighted by molar-refractivity contribution is -0.111. The summed E-state index contributed by atoms with van der Waals surface area (Å²) in [5.41, 5.74) is 5.33. The Morgan fingerprint density at radius 1 is 0.917 bits per heavy atom. The third kappa shape index (κ3) is 3.87. The van der Waals surface area contributed by atoms with Crippen LogP contribution < -0.4 is 10.6 Å². The highest BCUT2D eigenvalue weighted by molar-refractivity contribution is 6.14. The first-order valence-electron chi connectivity index (χ1n) is 11.4. The van der Waals surface area contributed by atoms with Crippen LogP contribution in [0.15, 0.2) is 85.2 Å². The van der Waals surface area contributed by atoms with Crippen LogP contribution in [0.4, 0.5) is 17.2 Å². The molecule has 0 atom stereocenters. The van der Waals surface area contributed by atoms with Gasteiger partial charge in [-0.05, 0) is 41.1 Å². The van der Waals surface area contributed by atoms with E-state index in [9.17, 15) is 4.79 Å². The summed E-state index contributed by atoms with van der Waals surface area (Å²) in [6.07, 6.45) is 7.45. The van der Waals surface area contributed by atoms with E-state index in [4.69, 9.17) is 6.42 Å². The normalized spacial score (nSPS) is 11.0. The molecule has 2 heterocycles. The van der Waals surface area contributed by atoms with Gasteiger partial charge in [0, 0.05) is 34.0 Å². The van der Waals surface area contributed by atoms with Gasteiger partial charge < -0.3 is 10.6 Å². The number of hydrogen-bond donors (Lipinski definition) is 3. The smallest absolute Gasteiger partial charge is 0.300 e. The van der Waals surface area contributed by atoms with Gasteiger partial charge in [-0.1, -0.05) is 54.6 Å². The molecule has 6 aromatic rings. The Labute approximate surface area is 206 Å². The van der Waals surface area contributed by atoms with Gasteiger partial charge >= 0.3 is 0 Å². The number of benzene rings is 4. The lowest BCUT2D eigenvalue weighted by Gasteiger charge is -2.13. The first-order chi connectivity index (χ1) is 17.7. The molecule has 6 rings (SSSR count). The zero-order valence-corrected chi connectivity index (χ0v) is 19.1. The largest absolute Gasteiger partial charge is 0.339 e. The second kappa shape index (κ2) is 8.85. The maximum Gasteiger partial charge on any atom is 0.300 e. The van der Waals surface area contributed by atoms with Crippen LogP contribution in [-0.2, 0) is 11.2 Å². The van der Waals surface area contributed by atoms with Crippen LogP contribution in [0.5, 0.6) is 0 Å². The summed E-state index contributed by atoms with van der Waals surface area (Å²) in [7, 11) is 0. The van der Waals surface area contributed by atoms with Gasteiger partial charge in [0.1, 0.15) is 12.1 Å². The van der Waals surface area contributed by atoms with Crippen LogP contribution in [-0.4, -0.2) is 26.1 Å². The van der Waals surface area contributed by atoms with Crippen molar-refractivity contribution in [2.45, 2.75) is 6.42 Å². The van der Waals surface area contributed by atoms with E-state index in [0.717, 1.165) is 50.4 Å². The van der Waals surface area contributed by atoms with Crippen molar-refractivity contribution >= 4 is 55.7 Å². The van der Waals surface area contributed by atoms with E-state index in [-0.39, 0.29) is 0 Å². The molecule has 0 saturated carbocycles. The molecule has 0 aliphatic rings. The number of aromatic nitrogens is 4. The molecule has 0 radical (unpaired) electrons. The van der Waals surface area contributed by atoms with Crippen molar-refractivity contribution in [3.63, 3.8) is 0 Å². The summed E-state index contributed by atoms with van der Waals surface area (Å²) in [5.74, 6) is 2.17. The van der Waals surface area contributed by atoms with E-state index < -0.39 is 5.91 Å². The summed E-state index contributed by atoms with van der Waals surface area (Å²) in [5, 5.41) is 18.0. The van der Waals surface area contributed by atoms with Crippen LogP contribution in [0.2, 0.25) is 0 Å². The fourth-order valence-electron chi connectivity index (χ4n) is 4.51. The summed E-state index contributed by atoms with van der Waals surface area (Å²) < 4.78 is 0. The van der Waals surface area contributed by atoms with Gasteiger partial charge in [-0.15, -0.1) is 6.42 Å². The quantitative estimate of drug-likeness (QED) is 0.288. The zero-order chi connectivity index (χ0) is 24.5. The lowest BCUT2D eigenvalue weighted by atomic mass is 10.00. The van der Waals surface area contributed by atoms with Crippen molar-refractivity contribution < 1.29 is 4.79 Å². The van der Waals surface area contributed by atoms with Gasteiger partial charge in [-0.3, -0.25) is 9.89 Å². The van der Waals surface area contributed by atoms with Crippen LogP contribution >= 0.6 is 0 Å². The molecule has 2 aromatic heterocycles. The maximum absolute atomic E-state index is 11.7. The highest BCUT2D eigenvalue weighted by atomic mass is 16.1. The Morgan fingerprint density at radius 3 is 2.56 bits per heavy atom. The van der Waals surface area contributed by atoms with Gasteiger partial charge in [0.25, 0.3) is 5.91 Å². The number of aromatic amines is 1. The summed E-state index contributed by atoms with van der Waals surface area (Å²) in [6, 6.07) is 26.0. The second-order valence-corrected chi connectivity index (χ2v) is 8.40. The molecular formula is C29H20N6O. The minimum absolute atomic E-state index is 0.511. The van der Waals surface area contributed by atoms with E-state index in [1.807, 2.05) is 42.5 Å². The number of anilines is 3. The predicted octanol–water partition coefficient (Wildman–Crippen LogP) is 5.57. The molecule has 0 aliphatic heterocycles. The monoisotopic (exact) mass is 468 g/mol. The Bertz CT molecular complexity index is 1800. The number of nitrogens with one attached hydrogen (secondary N) is 3. The minimum Gasteiger partial charge on any atom is -0.339 e. The number of carbonyl (C=O) groups excluding carboxylic acids is 1. The number of amides is 1. The van der Waals surface area contributed by atoms with Crippen molar-refractivity contribution in [3.05, 3.63) is 96.4 Å². The van der Waals surface area contributed by atoms with Crippen LogP contribution in [0, 0.1) is 12.3 Å².